The topological polar surface area (TPSA) is 54.9 Å². The molecule has 0 aliphatic rings. The average Bonchev–Trinajstić information content (AvgIpc) is 2.63. The maximum atomic E-state index is 13.6. The second-order valence-electron chi connectivity index (χ2n) is 5.47. The lowest BCUT2D eigenvalue weighted by Crippen LogP contribution is -2.25. The number of aromatic nitrogens is 2. The van der Waals surface area contributed by atoms with Crippen molar-refractivity contribution in [2.24, 2.45) is 0 Å². The van der Waals surface area contributed by atoms with Gasteiger partial charge in [-0.3, -0.25) is 14.8 Å². The zero-order valence-electron chi connectivity index (χ0n) is 13.2. The third kappa shape index (κ3) is 4.44. The molecule has 0 radical (unpaired) electrons. The molecule has 126 valence electrons. The van der Waals surface area contributed by atoms with Crippen LogP contribution in [-0.4, -0.2) is 15.9 Å². The summed E-state index contributed by atoms with van der Waals surface area (Å²) < 4.78 is 26.5. The number of rotatable bonds is 5. The summed E-state index contributed by atoms with van der Waals surface area (Å²) in [6.07, 6.45) is 4.89. The molecule has 6 heteroatoms. The smallest absolute Gasteiger partial charge is 0.224 e. The average molecular weight is 339 g/mol. The second-order valence-corrected chi connectivity index (χ2v) is 5.47. The van der Waals surface area contributed by atoms with Crippen LogP contribution in [0.5, 0.6) is 0 Å². The van der Waals surface area contributed by atoms with Crippen molar-refractivity contribution in [3.05, 3.63) is 83.8 Å². The molecule has 0 aliphatic heterocycles. The Morgan fingerprint density at radius 1 is 1.00 bits per heavy atom. The summed E-state index contributed by atoms with van der Waals surface area (Å²) in [4.78, 5) is 20.2. The number of pyridine rings is 2. The highest BCUT2D eigenvalue weighted by Gasteiger charge is 2.09. The molecular formula is C19H15F2N3O. The molecule has 0 spiro atoms. The van der Waals surface area contributed by atoms with Crippen LogP contribution in [-0.2, 0) is 17.8 Å². The van der Waals surface area contributed by atoms with Crippen LogP contribution in [0.1, 0.15) is 11.1 Å². The molecule has 2 heterocycles. The van der Waals surface area contributed by atoms with E-state index in [0.29, 0.717) is 6.54 Å². The van der Waals surface area contributed by atoms with Gasteiger partial charge >= 0.3 is 0 Å². The summed E-state index contributed by atoms with van der Waals surface area (Å²) in [5.74, 6) is -1.73. The van der Waals surface area contributed by atoms with Crippen LogP contribution in [0.25, 0.3) is 11.3 Å². The molecule has 0 fully saturated rings. The molecule has 1 N–H and O–H groups in total. The predicted octanol–water partition coefficient (Wildman–Crippen LogP) is 3.28. The maximum absolute atomic E-state index is 13.6. The van der Waals surface area contributed by atoms with Gasteiger partial charge in [0.2, 0.25) is 5.91 Å². The fraction of sp³-hybridized carbons (Fsp3) is 0.105. The Bertz CT molecular complexity index is 885. The van der Waals surface area contributed by atoms with Gasteiger partial charge in [-0.05, 0) is 41.5 Å². The summed E-state index contributed by atoms with van der Waals surface area (Å²) in [7, 11) is 0. The number of hydrogen-bond donors (Lipinski definition) is 1. The molecule has 0 saturated carbocycles. The van der Waals surface area contributed by atoms with Crippen LogP contribution in [0, 0.1) is 11.6 Å². The van der Waals surface area contributed by atoms with Gasteiger partial charge in [-0.1, -0.05) is 6.07 Å². The van der Waals surface area contributed by atoms with Crippen LogP contribution in [0.2, 0.25) is 0 Å². The quantitative estimate of drug-likeness (QED) is 0.776. The summed E-state index contributed by atoms with van der Waals surface area (Å²) in [5, 5.41) is 2.73. The highest BCUT2D eigenvalue weighted by molar-refractivity contribution is 5.78. The Morgan fingerprint density at radius 2 is 1.80 bits per heavy atom. The van der Waals surface area contributed by atoms with E-state index in [4.69, 9.17) is 0 Å². The van der Waals surface area contributed by atoms with E-state index in [1.54, 1.807) is 24.7 Å². The molecule has 0 aliphatic carbocycles. The highest BCUT2D eigenvalue weighted by atomic mass is 19.1. The van der Waals surface area contributed by atoms with E-state index >= 15 is 0 Å². The second kappa shape index (κ2) is 7.61. The zero-order chi connectivity index (χ0) is 17.6. The molecule has 1 aromatic carbocycles. The Balaban J connectivity index is 1.62. The molecule has 0 unspecified atom stereocenters. The normalized spacial score (nSPS) is 10.5. The van der Waals surface area contributed by atoms with Gasteiger partial charge < -0.3 is 5.32 Å². The van der Waals surface area contributed by atoms with E-state index in [9.17, 15) is 13.6 Å². The fourth-order valence-corrected chi connectivity index (χ4v) is 2.37. The molecule has 0 saturated heterocycles. The first-order valence-electron chi connectivity index (χ1n) is 7.68. The lowest BCUT2D eigenvalue weighted by molar-refractivity contribution is -0.120. The Kier molecular flexibility index (Phi) is 5.09. The largest absolute Gasteiger partial charge is 0.352 e. The van der Waals surface area contributed by atoms with Gasteiger partial charge in [0.25, 0.3) is 0 Å². The van der Waals surface area contributed by atoms with Crippen LogP contribution >= 0.6 is 0 Å². The van der Waals surface area contributed by atoms with E-state index in [1.807, 2.05) is 18.2 Å². The summed E-state index contributed by atoms with van der Waals surface area (Å²) in [6, 6.07) is 10.5. The van der Waals surface area contributed by atoms with E-state index in [2.05, 4.69) is 15.3 Å². The van der Waals surface area contributed by atoms with E-state index in [0.717, 1.165) is 29.0 Å². The number of carbonyl (C=O) groups excluding carboxylic acids is 1. The number of halogens is 2. The van der Waals surface area contributed by atoms with Gasteiger partial charge in [0.15, 0.2) is 0 Å². The molecule has 3 rings (SSSR count). The van der Waals surface area contributed by atoms with Gasteiger partial charge in [0.1, 0.15) is 11.6 Å². The minimum atomic E-state index is -0.723. The van der Waals surface area contributed by atoms with Gasteiger partial charge in [-0.2, -0.15) is 0 Å². The van der Waals surface area contributed by atoms with Crippen molar-refractivity contribution < 1.29 is 13.6 Å². The third-order valence-corrected chi connectivity index (χ3v) is 3.66. The van der Waals surface area contributed by atoms with Gasteiger partial charge in [-0.15, -0.1) is 0 Å². The fourth-order valence-electron chi connectivity index (χ4n) is 2.37. The number of nitrogens with one attached hydrogen (secondary N) is 1. The van der Waals surface area contributed by atoms with Crippen molar-refractivity contribution in [3.8, 4) is 11.3 Å². The molecule has 0 bridgehead atoms. The highest BCUT2D eigenvalue weighted by Crippen LogP contribution is 2.16. The monoisotopic (exact) mass is 339 g/mol. The van der Waals surface area contributed by atoms with E-state index in [-0.39, 0.29) is 17.9 Å². The van der Waals surface area contributed by atoms with Crippen molar-refractivity contribution >= 4 is 5.91 Å². The van der Waals surface area contributed by atoms with Crippen LogP contribution in [0.3, 0.4) is 0 Å². The summed E-state index contributed by atoms with van der Waals surface area (Å²) in [5.41, 5.74) is 2.73. The number of amides is 1. The van der Waals surface area contributed by atoms with E-state index < -0.39 is 11.6 Å². The van der Waals surface area contributed by atoms with Gasteiger partial charge in [0, 0.05) is 36.8 Å². The van der Waals surface area contributed by atoms with Crippen molar-refractivity contribution in [2.45, 2.75) is 13.0 Å². The summed E-state index contributed by atoms with van der Waals surface area (Å²) >= 11 is 0. The first-order chi connectivity index (χ1) is 12.1. The molecular weight excluding hydrogens is 324 g/mol. The van der Waals surface area contributed by atoms with Crippen LogP contribution in [0.4, 0.5) is 8.78 Å². The summed E-state index contributed by atoms with van der Waals surface area (Å²) in [6.45, 7) is 0.294. The number of hydrogen-bond acceptors (Lipinski definition) is 3. The third-order valence-electron chi connectivity index (χ3n) is 3.66. The predicted molar refractivity (Wildman–Crippen MR) is 89.4 cm³/mol. The standard InChI is InChI=1S/C19H15F2N3O/c20-16-2-1-15(17(21)11-16)10-19(25)24-12-13-3-8-23-18(9-13)14-4-6-22-7-5-14/h1-9,11H,10,12H2,(H,24,25). The van der Waals surface area contributed by atoms with Gasteiger partial charge in [0.05, 0.1) is 12.1 Å². The van der Waals surface area contributed by atoms with Crippen molar-refractivity contribution in [1.29, 1.82) is 0 Å². The Hall–Kier alpha value is -3.15. The molecule has 3 aromatic rings. The van der Waals surface area contributed by atoms with Crippen LogP contribution < -0.4 is 5.32 Å². The van der Waals surface area contributed by atoms with Crippen LogP contribution in [0.15, 0.2) is 61.1 Å². The zero-order valence-corrected chi connectivity index (χ0v) is 13.2. The van der Waals surface area contributed by atoms with Crippen molar-refractivity contribution in [3.63, 3.8) is 0 Å². The molecule has 4 nitrogen and oxygen atoms in total. The first-order valence-corrected chi connectivity index (χ1v) is 7.68. The number of nitrogens with zero attached hydrogens (tertiary/aromatic N) is 2. The molecule has 0 atom stereocenters. The van der Waals surface area contributed by atoms with Crippen molar-refractivity contribution in [1.82, 2.24) is 15.3 Å². The van der Waals surface area contributed by atoms with E-state index in [1.165, 1.54) is 6.07 Å². The number of carbonyl (C=O) groups is 1. The molecule has 25 heavy (non-hydrogen) atoms. The maximum Gasteiger partial charge on any atom is 0.224 e. The minimum absolute atomic E-state index is 0.144. The molecule has 1 amide bonds. The lowest BCUT2D eigenvalue weighted by Gasteiger charge is -2.08. The first kappa shape index (κ1) is 16.7. The lowest BCUT2D eigenvalue weighted by atomic mass is 10.1. The Morgan fingerprint density at radius 3 is 2.56 bits per heavy atom. The van der Waals surface area contributed by atoms with Gasteiger partial charge in [-0.25, -0.2) is 8.78 Å². The van der Waals surface area contributed by atoms with Crippen molar-refractivity contribution in [2.75, 3.05) is 0 Å². The number of benzene rings is 1. The Labute approximate surface area is 143 Å². The molecule has 2 aromatic heterocycles. The minimum Gasteiger partial charge on any atom is -0.352 e. The SMILES string of the molecule is O=C(Cc1ccc(F)cc1F)NCc1ccnc(-c2ccncc2)c1.